The predicted octanol–water partition coefficient (Wildman–Crippen LogP) is 4.08. The van der Waals surface area contributed by atoms with E-state index in [0.717, 1.165) is 44.7 Å². The first-order chi connectivity index (χ1) is 15.4. The number of pyridine rings is 3. The number of H-pyrrole nitrogens is 1. The van der Waals surface area contributed by atoms with Gasteiger partial charge in [0.25, 0.3) is 0 Å². The molecule has 0 aliphatic carbocycles. The van der Waals surface area contributed by atoms with E-state index < -0.39 is 0 Å². The molecule has 0 radical (unpaired) electrons. The normalized spacial score (nSPS) is 11.5. The third-order valence-electron chi connectivity index (χ3n) is 5.24. The molecular weight excluding hydrogens is 400 g/mol. The molecule has 0 bridgehead atoms. The number of hydrogen-bond donors (Lipinski definition) is 1. The second kappa shape index (κ2) is 9.11. The van der Waals surface area contributed by atoms with Crippen molar-refractivity contribution in [2.75, 3.05) is 32.6 Å². The van der Waals surface area contributed by atoms with Gasteiger partial charge in [0.1, 0.15) is 5.65 Å². The fourth-order valence-electron chi connectivity index (χ4n) is 3.49. The van der Waals surface area contributed by atoms with Gasteiger partial charge < -0.3 is 14.8 Å². The number of aryl methyl sites for hydroxylation is 1. The van der Waals surface area contributed by atoms with E-state index in [9.17, 15) is 4.79 Å². The van der Waals surface area contributed by atoms with Gasteiger partial charge in [0.15, 0.2) is 0 Å². The smallest absolute Gasteiger partial charge is 0.250 e. The van der Waals surface area contributed by atoms with Gasteiger partial charge in [-0.2, -0.15) is 0 Å². The van der Waals surface area contributed by atoms with Gasteiger partial charge >= 0.3 is 0 Å². The SMILES string of the molecule is Cc1cc(-c2c[nH]c3ncc(-c4cncc(N(C)C(=O)/C=C/CN(C)C)c4)cc23)ccn1. The number of aromatic amines is 1. The van der Waals surface area contributed by atoms with E-state index in [-0.39, 0.29) is 5.91 Å². The molecule has 7 heteroatoms. The van der Waals surface area contributed by atoms with Gasteiger partial charge in [-0.15, -0.1) is 0 Å². The molecule has 0 unspecified atom stereocenters. The molecule has 4 aromatic heterocycles. The van der Waals surface area contributed by atoms with Crippen LogP contribution in [0.1, 0.15) is 5.69 Å². The van der Waals surface area contributed by atoms with E-state index in [2.05, 4.69) is 32.1 Å². The maximum absolute atomic E-state index is 12.5. The van der Waals surface area contributed by atoms with Crippen LogP contribution in [0.15, 0.2) is 67.4 Å². The van der Waals surface area contributed by atoms with Gasteiger partial charge in [-0.25, -0.2) is 4.98 Å². The summed E-state index contributed by atoms with van der Waals surface area (Å²) >= 11 is 0. The minimum atomic E-state index is -0.0969. The zero-order valence-corrected chi connectivity index (χ0v) is 18.7. The number of aromatic nitrogens is 4. The van der Waals surface area contributed by atoms with Crippen molar-refractivity contribution in [1.82, 2.24) is 24.8 Å². The van der Waals surface area contributed by atoms with Crippen molar-refractivity contribution in [2.45, 2.75) is 6.92 Å². The molecular formula is C25H26N6O. The van der Waals surface area contributed by atoms with Crippen molar-refractivity contribution in [3.63, 3.8) is 0 Å². The first kappa shape index (κ1) is 21.4. The Balaban J connectivity index is 1.66. The highest BCUT2D eigenvalue weighted by Crippen LogP contribution is 2.31. The number of amides is 1. The van der Waals surface area contributed by atoms with Crippen LogP contribution in [-0.4, -0.2) is 58.4 Å². The molecule has 0 atom stereocenters. The largest absolute Gasteiger partial charge is 0.346 e. The topological polar surface area (TPSA) is 78.0 Å². The first-order valence-corrected chi connectivity index (χ1v) is 10.4. The average molecular weight is 427 g/mol. The van der Waals surface area contributed by atoms with Crippen LogP contribution in [0.4, 0.5) is 5.69 Å². The van der Waals surface area contributed by atoms with E-state index in [1.165, 1.54) is 0 Å². The fraction of sp³-hybridized carbons (Fsp3) is 0.200. The molecule has 32 heavy (non-hydrogen) atoms. The predicted molar refractivity (Wildman–Crippen MR) is 128 cm³/mol. The molecule has 162 valence electrons. The number of nitrogens with zero attached hydrogens (tertiary/aromatic N) is 5. The Kier molecular flexibility index (Phi) is 6.09. The lowest BCUT2D eigenvalue weighted by molar-refractivity contribution is -0.113. The van der Waals surface area contributed by atoms with Gasteiger partial charge in [0.2, 0.25) is 5.91 Å². The van der Waals surface area contributed by atoms with Gasteiger partial charge in [-0.3, -0.25) is 14.8 Å². The van der Waals surface area contributed by atoms with Crippen molar-refractivity contribution in [2.24, 2.45) is 0 Å². The molecule has 0 aliphatic rings. The lowest BCUT2D eigenvalue weighted by Crippen LogP contribution is -2.24. The highest BCUT2D eigenvalue weighted by Gasteiger charge is 2.12. The number of rotatable bonds is 6. The lowest BCUT2D eigenvalue weighted by atomic mass is 10.0. The number of likely N-dealkylation sites (N-methyl/N-ethyl adjacent to an activating group) is 2. The Labute approximate surface area is 187 Å². The number of nitrogens with one attached hydrogen (secondary N) is 1. The van der Waals surface area contributed by atoms with E-state index in [0.29, 0.717) is 6.54 Å². The monoisotopic (exact) mass is 426 g/mol. The maximum Gasteiger partial charge on any atom is 0.250 e. The summed E-state index contributed by atoms with van der Waals surface area (Å²) in [7, 11) is 5.67. The molecule has 1 N–H and O–H groups in total. The number of fused-ring (bicyclic) bond motifs is 1. The highest BCUT2D eigenvalue weighted by atomic mass is 16.2. The van der Waals surface area contributed by atoms with Crippen molar-refractivity contribution in [3.05, 3.63) is 73.1 Å². The molecule has 0 saturated heterocycles. The lowest BCUT2D eigenvalue weighted by Gasteiger charge is -2.16. The van der Waals surface area contributed by atoms with E-state index in [4.69, 9.17) is 0 Å². The van der Waals surface area contributed by atoms with Gasteiger partial charge in [0.05, 0.1) is 11.9 Å². The summed E-state index contributed by atoms with van der Waals surface area (Å²) in [6.45, 7) is 2.69. The second-order valence-electron chi connectivity index (χ2n) is 8.00. The summed E-state index contributed by atoms with van der Waals surface area (Å²) in [6, 6.07) is 8.11. The average Bonchev–Trinajstić information content (AvgIpc) is 3.21. The molecule has 1 amide bonds. The zero-order valence-electron chi connectivity index (χ0n) is 18.7. The minimum Gasteiger partial charge on any atom is -0.346 e. The minimum absolute atomic E-state index is 0.0969. The molecule has 0 spiro atoms. The number of anilines is 1. The van der Waals surface area contributed by atoms with Crippen LogP contribution in [0, 0.1) is 6.92 Å². The Hall–Kier alpha value is -3.84. The summed E-state index contributed by atoms with van der Waals surface area (Å²) in [5.41, 5.74) is 6.49. The fourth-order valence-corrected chi connectivity index (χ4v) is 3.49. The van der Waals surface area contributed by atoms with Crippen LogP contribution in [0.2, 0.25) is 0 Å². The van der Waals surface area contributed by atoms with Gasteiger partial charge in [-0.05, 0) is 50.8 Å². The Bertz CT molecular complexity index is 1290. The zero-order chi connectivity index (χ0) is 22.7. The summed E-state index contributed by atoms with van der Waals surface area (Å²) in [5.74, 6) is -0.0969. The second-order valence-corrected chi connectivity index (χ2v) is 8.00. The molecule has 0 aliphatic heterocycles. The summed E-state index contributed by atoms with van der Waals surface area (Å²) < 4.78 is 0. The van der Waals surface area contributed by atoms with Crippen LogP contribution >= 0.6 is 0 Å². The van der Waals surface area contributed by atoms with Crippen molar-refractivity contribution < 1.29 is 4.79 Å². The van der Waals surface area contributed by atoms with E-state index >= 15 is 0 Å². The Morgan fingerprint density at radius 1 is 1.03 bits per heavy atom. The van der Waals surface area contributed by atoms with Gasteiger partial charge in [0, 0.05) is 72.2 Å². The van der Waals surface area contributed by atoms with Crippen LogP contribution in [0.3, 0.4) is 0 Å². The molecule has 4 heterocycles. The summed E-state index contributed by atoms with van der Waals surface area (Å²) in [5, 5.41) is 1.02. The summed E-state index contributed by atoms with van der Waals surface area (Å²) in [4.78, 5) is 32.6. The van der Waals surface area contributed by atoms with E-state index in [1.54, 1.807) is 30.4 Å². The first-order valence-electron chi connectivity index (χ1n) is 10.4. The maximum atomic E-state index is 12.5. The molecule has 7 nitrogen and oxygen atoms in total. The molecule has 0 saturated carbocycles. The molecule has 4 aromatic rings. The van der Waals surface area contributed by atoms with Crippen LogP contribution in [0.25, 0.3) is 33.3 Å². The quantitative estimate of drug-likeness (QED) is 0.470. The third kappa shape index (κ3) is 4.58. The molecule has 0 aromatic carbocycles. The van der Waals surface area contributed by atoms with Crippen LogP contribution in [0.5, 0.6) is 0 Å². The molecule has 0 fully saturated rings. The standard InChI is InChI=1S/C25H26N6O/c1-17-10-18(7-8-27-17)23-16-29-25-22(23)12-20(14-28-25)19-11-21(15-26-13-19)31(4)24(32)6-5-9-30(2)3/h5-8,10-16H,9H2,1-4H3,(H,28,29)/b6-5+. The third-order valence-corrected chi connectivity index (χ3v) is 5.24. The van der Waals surface area contributed by atoms with Crippen molar-refractivity contribution in [3.8, 4) is 22.3 Å². The Morgan fingerprint density at radius 3 is 2.62 bits per heavy atom. The molecule has 4 rings (SSSR count). The van der Waals surface area contributed by atoms with Crippen molar-refractivity contribution in [1.29, 1.82) is 0 Å². The Morgan fingerprint density at radius 2 is 1.84 bits per heavy atom. The van der Waals surface area contributed by atoms with Gasteiger partial charge in [-0.1, -0.05) is 6.08 Å². The number of carbonyl (C=O) groups is 1. The highest BCUT2D eigenvalue weighted by molar-refractivity contribution is 6.01. The number of hydrogen-bond acceptors (Lipinski definition) is 5. The number of carbonyl (C=O) groups excluding carboxylic acids is 1. The van der Waals surface area contributed by atoms with Crippen LogP contribution < -0.4 is 4.90 Å². The van der Waals surface area contributed by atoms with E-state index in [1.807, 2.05) is 62.7 Å². The summed E-state index contributed by atoms with van der Waals surface area (Å²) in [6.07, 6.45) is 12.5. The van der Waals surface area contributed by atoms with Crippen LogP contribution in [-0.2, 0) is 4.79 Å². The van der Waals surface area contributed by atoms with Crippen molar-refractivity contribution >= 4 is 22.6 Å².